The molecule has 1 aromatic carbocycles. The third-order valence-corrected chi connectivity index (χ3v) is 4.99. The number of phenols is 1. The Bertz CT molecular complexity index is 978. The zero-order valence-electron chi connectivity index (χ0n) is 15.0. The van der Waals surface area contributed by atoms with E-state index in [1.807, 2.05) is 33.8 Å². The van der Waals surface area contributed by atoms with Crippen molar-refractivity contribution in [1.82, 2.24) is 14.3 Å². The van der Waals surface area contributed by atoms with E-state index in [-0.39, 0.29) is 17.7 Å². The molecule has 3 aromatic rings. The largest absolute Gasteiger partial charge is 0.508 e. The summed E-state index contributed by atoms with van der Waals surface area (Å²) in [7, 11) is 0. The van der Waals surface area contributed by atoms with Gasteiger partial charge in [-0.15, -0.1) is 0 Å². The predicted molar refractivity (Wildman–Crippen MR) is 106 cm³/mol. The molecular weight excluding hydrogens is 340 g/mol. The van der Waals surface area contributed by atoms with E-state index in [0.29, 0.717) is 6.54 Å². The fourth-order valence-corrected chi connectivity index (χ4v) is 3.60. The average Bonchev–Trinajstić information content (AvgIpc) is 3.17. The minimum atomic E-state index is -0.0196. The maximum Gasteiger partial charge on any atom is 0.246 e. The van der Waals surface area contributed by atoms with E-state index < -0.39 is 0 Å². The number of rotatable bonds is 4. The third-order valence-electron chi connectivity index (χ3n) is 4.99. The molecule has 1 saturated heterocycles. The standard InChI is InChI=1S/C21H22N4O2/c1-2-21(27)24-9-3-4-17(13-24)23-19-10-16(12-25-14-22-11-20(19)25)15-5-7-18(26)8-6-15/h2,5-8,10-12,14,17,23,26H,1,3-4,9,13H2/t17-/m0/s1. The van der Waals surface area contributed by atoms with Crippen LogP contribution in [0.15, 0.2) is 61.7 Å². The first-order valence-corrected chi connectivity index (χ1v) is 9.07. The van der Waals surface area contributed by atoms with E-state index in [9.17, 15) is 9.90 Å². The molecule has 3 heterocycles. The average molecular weight is 362 g/mol. The van der Waals surface area contributed by atoms with Crippen molar-refractivity contribution in [1.29, 1.82) is 0 Å². The fraction of sp³-hybridized carbons (Fsp3) is 0.238. The van der Waals surface area contributed by atoms with Gasteiger partial charge in [0.1, 0.15) is 5.75 Å². The van der Waals surface area contributed by atoms with Crippen LogP contribution in [-0.2, 0) is 4.79 Å². The molecule has 1 aliphatic rings. The summed E-state index contributed by atoms with van der Waals surface area (Å²) in [5.41, 5.74) is 4.01. The Kier molecular flexibility index (Phi) is 4.54. The quantitative estimate of drug-likeness (QED) is 0.699. The molecule has 2 N–H and O–H groups in total. The topological polar surface area (TPSA) is 69.9 Å². The molecule has 0 bridgehead atoms. The number of hydrogen-bond donors (Lipinski definition) is 2. The van der Waals surface area contributed by atoms with Crippen molar-refractivity contribution in [3.05, 3.63) is 61.7 Å². The number of phenolic OH excluding ortho intramolecular Hbond substituents is 1. The molecule has 0 unspecified atom stereocenters. The van der Waals surface area contributed by atoms with Crippen LogP contribution in [0, 0.1) is 0 Å². The van der Waals surface area contributed by atoms with E-state index in [2.05, 4.69) is 22.9 Å². The summed E-state index contributed by atoms with van der Waals surface area (Å²) in [5.74, 6) is 0.226. The lowest BCUT2D eigenvalue weighted by atomic mass is 10.0. The van der Waals surface area contributed by atoms with Crippen molar-refractivity contribution >= 4 is 17.1 Å². The van der Waals surface area contributed by atoms with Crippen molar-refractivity contribution in [2.75, 3.05) is 18.4 Å². The van der Waals surface area contributed by atoms with Crippen LogP contribution in [0.25, 0.3) is 16.6 Å². The van der Waals surface area contributed by atoms with Gasteiger partial charge in [0.15, 0.2) is 0 Å². The molecule has 1 fully saturated rings. The summed E-state index contributed by atoms with van der Waals surface area (Å²) >= 11 is 0. The van der Waals surface area contributed by atoms with E-state index in [1.54, 1.807) is 18.5 Å². The van der Waals surface area contributed by atoms with Crippen LogP contribution < -0.4 is 5.32 Å². The minimum absolute atomic E-state index is 0.0196. The van der Waals surface area contributed by atoms with Gasteiger partial charge in [0.25, 0.3) is 0 Å². The number of fused-ring (bicyclic) bond motifs is 1. The molecule has 0 spiro atoms. The van der Waals surface area contributed by atoms with Gasteiger partial charge < -0.3 is 19.7 Å². The molecule has 27 heavy (non-hydrogen) atoms. The van der Waals surface area contributed by atoms with E-state index >= 15 is 0 Å². The third kappa shape index (κ3) is 3.51. The van der Waals surface area contributed by atoms with Gasteiger partial charge in [-0.3, -0.25) is 4.79 Å². The summed E-state index contributed by atoms with van der Waals surface area (Å²) in [6.45, 7) is 5.03. The zero-order chi connectivity index (χ0) is 18.8. The Hall–Kier alpha value is -3.28. The van der Waals surface area contributed by atoms with E-state index in [0.717, 1.165) is 41.7 Å². The number of imidazole rings is 1. The van der Waals surface area contributed by atoms with Gasteiger partial charge in [-0.2, -0.15) is 0 Å². The summed E-state index contributed by atoms with van der Waals surface area (Å²) in [6, 6.07) is 9.42. The van der Waals surface area contributed by atoms with Gasteiger partial charge in [0, 0.05) is 30.9 Å². The molecule has 0 saturated carbocycles. The molecule has 2 aromatic heterocycles. The number of piperidine rings is 1. The number of anilines is 1. The number of nitrogens with zero attached hydrogens (tertiary/aromatic N) is 3. The van der Waals surface area contributed by atoms with E-state index in [1.165, 1.54) is 6.08 Å². The van der Waals surface area contributed by atoms with Crippen molar-refractivity contribution in [3.63, 3.8) is 0 Å². The summed E-state index contributed by atoms with van der Waals surface area (Å²) in [4.78, 5) is 18.1. The molecule has 1 aliphatic heterocycles. The van der Waals surface area contributed by atoms with Crippen molar-refractivity contribution in [2.24, 2.45) is 0 Å². The van der Waals surface area contributed by atoms with Gasteiger partial charge in [-0.1, -0.05) is 18.7 Å². The van der Waals surface area contributed by atoms with Gasteiger partial charge in [0.2, 0.25) is 5.91 Å². The number of aromatic hydroxyl groups is 1. The molecule has 1 atom stereocenters. The van der Waals surface area contributed by atoms with Gasteiger partial charge >= 0.3 is 0 Å². The highest BCUT2D eigenvalue weighted by Crippen LogP contribution is 2.29. The summed E-state index contributed by atoms with van der Waals surface area (Å²) in [6.07, 6.45) is 8.98. The Morgan fingerprint density at radius 1 is 1.30 bits per heavy atom. The number of carbonyl (C=O) groups is 1. The Balaban J connectivity index is 1.64. The monoisotopic (exact) mass is 362 g/mol. The van der Waals surface area contributed by atoms with Crippen LogP contribution in [-0.4, -0.2) is 44.4 Å². The first-order valence-electron chi connectivity index (χ1n) is 9.07. The molecular formula is C21H22N4O2. The van der Waals surface area contributed by atoms with Crippen LogP contribution in [0.2, 0.25) is 0 Å². The van der Waals surface area contributed by atoms with Crippen molar-refractivity contribution in [3.8, 4) is 16.9 Å². The molecule has 0 radical (unpaired) electrons. The first-order chi connectivity index (χ1) is 13.1. The second kappa shape index (κ2) is 7.15. The minimum Gasteiger partial charge on any atom is -0.508 e. The van der Waals surface area contributed by atoms with Crippen molar-refractivity contribution in [2.45, 2.75) is 18.9 Å². The number of amides is 1. The Morgan fingerprint density at radius 2 is 2.11 bits per heavy atom. The molecule has 6 nitrogen and oxygen atoms in total. The second-order valence-electron chi connectivity index (χ2n) is 6.85. The summed E-state index contributed by atoms with van der Waals surface area (Å²) in [5, 5.41) is 13.1. The number of aromatic nitrogens is 2. The van der Waals surface area contributed by atoms with Crippen LogP contribution >= 0.6 is 0 Å². The van der Waals surface area contributed by atoms with Crippen LogP contribution in [0.4, 0.5) is 5.69 Å². The van der Waals surface area contributed by atoms with Crippen LogP contribution in [0.3, 0.4) is 0 Å². The summed E-state index contributed by atoms with van der Waals surface area (Å²) < 4.78 is 1.99. The molecule has 4 rings (SSSR count). The van der Waals surface area contributed by atoms with E-state index in [4.69, 9.17) is 0 Å². The highest BCUT2D eigenvalue weighted by Gasteiger charge is 2.22. The normalized spacial score (nSPS) is 17.0. The predicted octanol–water partition coefficient (Wildman–Crippen LogP) is 3.30. The molecule has 1 amide bonds. The molecule has 0 aliphatic carbocycles. The highest BCUT2D eigenvalue weighted by atomic mass is 16.3. The van der Waals surface area contributed by atoms with Crippen molar-refractivity contribution < 1.29 is 9.90 Å². The van der Waals surface area contributed by atoms with Crippen LogP contribution in [0.5, 0.6) is 5.75 Å². The highest BCUT2D eigenvalue weighted by molar-refractivity contribution is 5.87. The lowest BCUT2D eigenvalue weighted by molar-refractivity contribution is -0.127. The smallest absolute Gasteiger partial charge is 0.246 e. The second-order valence-corrected chi connectivity index (χ2v) is 6.85. The maximum atomic E-state index is 11.9. The lowest BCUT2D eigenvalue weighted by Crippen LogP contribution is -2.44. The SMILES string of the molecule is C=CC(=O)N1CCC[C@H](Nc2cc(-c3ccc(O)cc3)cn3cncc23)C1. The lowest BCUT2D eigenvalue weighted by Gasteiger charge is -2.33. The molecule has 6 heteroatoms. The number of pyridine rings is 1. The number of hydrogen-bond acceptors (Lipinski definition) is 4. The maximum absolute atomic E-state index is 11.9. The van der Waals surface area contributed by atoms with Crippen LogP contribution in [0.1, 0.15) is 12.8 Å². The van der Waals surface area contributed by atoms with Gasteiger partial charge in [-0.25, -0.2) is 4.98 Å². The number of benzene rings is 1. The number of likely N-dealkylation sites (tertiary alicyclic amines) is 1. The zero-order valence-corrected chi connectivity index (χ0v) is 15.0. The van der Waals surface area contributed by atoms with Gasteiger partial charge in [-0.05, 0) is 42.7 Å². The Labute approximate surface area is 157 Å². The number of nitrogens with one attached hydrogen (secondary N) is 1. The fourth-order valence-electron chi connectivity index (χ4n) is 3.60. The first kappa shape index (κ1) is 17.1. The van der Waals surface area contributed by atoms with Gasteiger partial charge in [0.05, 0.1) is 23.7 Å². The number of carbonyl (C=O) groups excluding carboxylic acids is 1. The Morgan fingerprint density at radius 3 is 2.89 bits per heavy atom. The molecule has 138 valence electrons.